The van der Waals surface area contributed by atoms with Crippen LogP contribution in [0.15, 0.2) is 23.3 Å². The highest BCUT2D eigenvalue weighted by Crippen LogP contribution is 2.42. The van der Waals surface area contributed by atoms with Gasteiger partial charge in [-0.3, -0.25) is 4.79 Å². The Kier molecular flexibility index (Phi) is 7.53. The van der Waals surface area contributed by atoms with Crippen LogP contribution in [0.5, 0.6) is 0 Å². The fourth-order valence-electron chi connectivity index (χ4n) is 3.46. The Hall–Kier alpha value is -1.70. The van der Waals surface area contributed by atoms with Crippen LogP contribution in [0.3, 0.4) is 0 Å². The van der Waals surface area contributed by atoms with Crippen molar-refractivity contribution in [3.05, 3.63) is 39.4 Å². The molecule has 6 nitrogen and oxygen atoms in total. The molecule has 0 saturated heterocycles. The van der Waals surface area contributed by atoms with Crippen molar-refractivity contribution in [2.24, 2.45) is 5.92 Å². The fraction of sp³-hybridized carbons (Fsp3) is 0.591. The Morgan fingerprint density at radius 1 is 1.37 bits per heavy atom. The molecule has 2 heterocycles. The van der Waals surface area contributed by atoms with Crippen molar-refractivity contribution in [2.45, 2.75) is 71.6 Å². The van der Waals surface area contributed by atoms with E-state index in [0.29, 0.717) is 10.9 Å². The van der Waals surface area contributed by atoms with E-state index in [1.165, 1.54) is 6.07 Å². The molecule has 2 aromatic heterocycles. The lowest BCUT2D eigenvalue weighted by atomic mass is 9.93. The van der Waals surface area contributed by atoms with Gasteiger partial charge in [0.15, 0.2) is 8.32 Å². The van der Waals surface area contributed by atoms with Gasteiger partial charge in [0.05, 0.1) is 23.7 Å². The molecule has 0 spiro atoms. The number of rotatable bonds is 8. The number of esters is 1. The summed E-state index contributed by atoms with van der Waals surface area (Å²) in [6, 6.07) is 1.50. The zero-order chi connectivity index (χ0) is 22.9. The molecule has 2 rings (SSSR count). The minimum atomic E-state index is -2.36. The summed E-state index contributed by atoms with van der Waals surface area (Å²) >= 11 is 6.05. The van der Waals surface area contributed by atoms with E-state index in [-0.39, 0.29) is 34.3 Å². The Bertz CT molecular complexity index is 979. The second-order valence-electron chi connectivity index (χ2n) is 9.32. The second-order valence-corrected chi connectivity index (χ2v) is 14.2. The molecule has 8 heteroatoms. The first-order chi connectivity index (χ1) is 13.8. The van der Waals surface area contributed by atoms with Gasteiger partial charge < -0.3 is 14.1 Å². The average Bonchev–Trinajstić information content (AvgIpc) is 2.62. The van der Waals surface area contributed by atoms with E-state index in [0.717, 1.165) is 12.8 Å². The Labute approximate surface area is 184 Å². The van der Waals surface area contributed by atoms with Gasteiger partial charge in [0, 0.05) is 12.2 Å². The highest BCUT2D eigenvalue weighted by molar-refractivity contribution is 6.72. The number of aromatic nitrogens is 2. The highest BCUT2D eigenvalue weighted by atomic mass is 35.5. The summed E-state index contributed by atoms with van der Waals surface area (Å²) in [5.41, 5.74) is 0.221. The molecule has 0 aliphatic carbocycles. The molecule has 0 bridgehead atoms. The lowest BCUT2D eigenvalue weighted by Gasteiger charge is -2.37. The molecule has 0 aromatic carbocycles. The number of carbonyl (C=O) groups excluding carboxylic acids is 1. The molecule has 30 heavy (non-hydrogen) atoms. The van der Waals surface area contributed by atoms with Crippen LogP contribution in [0, 0.1) is 5.92 Å². The molecule has 1 atom stereocenters. The topological polar surface area (TPSA) is 81.4 Å². The van der Waals surface area contributed by atoms with E-state index >= 15 is 0 Å². The van der Waals surface area contributed by atoms with Crippen molar-refractivity contribution in [1.82, 2.24) is 9.55 Å². The molecule has 2 aromatic rings. The summed E-state index contributed by atoms with van der Waals surface area (Å²) in [4.78, 5) is 40.3. The number of carbonyl (C=O) groups is 1. The van der Waals surface area contributed by atoms with Crippen LogP contribution in [0.1, 0.15) is 63.9 Å². The van der Waals surface area contributed by atoms with Gasteiger partial charge in [-0.25, -0.2) is 9.78 Å². The quantitative estimate of drug-likeness (QED) is 0.339. The monoisotopic (exact) mass is 452 g/mol. The first-order valence-corrected chi connectivity index (χ1v) is 13.7. The number of halogens is 1. The lowest BCUT2D eigenvalue weighted by molar-refractivity contribution is 0.0523. The summed E-state index contributed by atoms with van der Waals surface area (Å²) < 4.78 is 7.07. The molecule has 0 aliphatic rings. The summed E-state index contributed by atoms with van der Waals surface area (Å²) in [5, 5.41) is 0.366. The maximum absolute atomic E-state index is 13.0. The molecule has 0 aliphatic heterocycles. The van der Waals surface area contributed by atoms with Crippen LogP contribution in [-0.4, -0.2) is 35.2 Å². The normalized spacial score (nSPS) is 13.7. The molecule has 1 N–H and O–H groups in total. The first kappa shape index (κ1) is 24.6. The van der Waals surface area contributed by atoms with E-state index < -0.39 is 19.7 Å². The van der Waals surface area contributed by atoms with Crippen molar-refractivity contribution in [1.29, 1.82) is 0 Å². The largest absolute Gasteiger partial charge is 0.462 e. The van der Waals surface area contributed by atoms with Gasteiger partial charge in [-0.2, -0.15) is 0 Å². The minimum Gasteiger partial charge on any atom is -0.462 e. The van der Waals surface area contributed by atoms with Crippen molar-refractivity contribution >= 4 is 36.8 Å². The van der Waals surface area contributed by atoms with E-state index in [1.807, 2.05) is 17.7 Å². The molecule has 0 amide bonds. The standard InChI is InChI=1S/C22H33ClN2O4Si/c1-8-29-21(27)16-13-25(18-12-24-19(23)11-15(18)20(16)26)17(14(2)3)9-10-22(4,5)30(6,7)28/h11-14,17,28H,8-10H2,1-7H3/t17-/m1/s1. The third kappa shape index (κ3) is 5.13. The molecular formula is C22H33ClN2O4Si. The summed E-state index contributed by atoms with van der Waals surface area (Å²) in [6.07, 6.45) is 4.77. The summed E-state index contributed by atoms with van der Waals surface area (Å²) in [7, 11) is -2.36. The van der Waals surface area contributed by atoms with Crippen LogP contribution in [0.2, 0.25) is 23.3 Å². The number of hydrogen-bond donors (Lipinski definition) is 1. The molecule has 0 saturated carbocycles. The van der Waals surface area contributed by atoms with Crippen molar-refractivity contribution in [3.63, 3.8) is 0 Å². The predicted molar refractivity (Wildman–Crippen MR) is 124 cm³/mol. The molecule has 0 unspecified atom stereocenters. The van der Waals surface area contributed by atoms with E-state index in [2.05, 4.69) is 32.7 Å². The zero-order valence-electron chi connectivity index (χ0n) is 19.0. The Morgan fingerprint density at radius 3 is 2.53 bits per heavy atom. The van der Waals surface area contributed by atoms with Gasteiger partial charge in [-0.1, -0.05) is 39.3 Å². The third-order valence-corrected chi connectivity index (χ3v) is 10.00. The van der Waals surface area contributed by atoms with Crippen molar-refractivity contribution in [3.8, 4) is 0 Å². The van der Waals surface area contributed by atoms with Gasteiger partial charge in [0.25, 0.3) is 0 Å². The van der Waals surface area contributed by atoms with E-state index in [9.17, 15) is 14.4 Å². The van der Waals surface area contributed by atoms with E-state index in [4.69, 9.17) is 16.3 Å². The van der Waals surface area contributed by atoms with Gasteiger partial charge in [0.2, 0.25) is 5.43 Å². The fourth-order valence-corrected chi connectivity index (χ4v) is 4.37. The summed E-state index contributed by atoms with van der Waals surface area (Å²) in [6.45, 7) is 14.2. The molecule has 0 fully saturated rings. The Balaban J connectivity index is 2.64. The van der Waals surface area contributed by atoms with Gasteiger partial charge in [-0.15, -0.1) is 0 Å². The van der Waals surface area contributed by atoms with E-state index in [1.54, 1.807) is 19.3 Å². The third-order valence-electron chi connectivity index (χ3n) is 6.23. The first-order valence-electron chi connectivity index (χ1n) is 10.4. The smallest absolute Gasteiger partial charge is 0.343 e. The molecular weight excluding hydrogens is 420 g/mol. The van der Waals surface area contributed by atoms with Gasteiger partial charge >= 0.3 is 5.97 Å². The van der Waals surface area contributed by atoms with Crippen molar-refractivity contribution in [2.75, 3.05) is 6.61 Å². The minimum absolute atomic E-state index is 0.000114. The SMILES string of the molecule is CCOC(=O)c1cn([C@H](CCC(C)(C)[Si](C)(C)O)C(C)C)c2cnc(Cl)cc2c1=O. The van der Waals surface area contributed by atoms with Crippen LogP contribution >= 0.6 is 11.6 Å². The predicted octanol–water partition coefficient (Wildman–Crippen LogP) is 5.18. The Morgan fingerprint density at radius 2 is 2.00 bits per heavy atom. The van der Waals surface area contributed by atoms with Crippen molar-refractivity contribution < 1.29 is 14.3 Å². The second kappa shape index (κ2) is 9.20. The number of pyridine rings is 2. The summed E-state index contributed by atoms with van der Waals surface area (Å²) in [5.74, 6) is -0.418. The molecule has 166 valence electrons. The number of fused-ring (bicyclic) bond motifs is 1. The average molecular weight is 453 g/mol. The zero-order valence-corrected chi connectivity index (χ0v) is 20.7. The van der Waals surface area contributed by atoms with Crippen LogP contribution < -0.4 is 5.43 Å². The highest BCUT2D eigenvalue weighted by Gasteiger charge is 2.38. The number of nitrogens with zero attached hydrogens (tertiary/aromatic N) is 2. The maximum atomic E-state index is 13.0. The van der Waals surface area contributed by atoms with Gasteiger partial charge in [0.1, 0.15) is 10.7 Å². The van der Waals surface area contributed by atoms with Gasteiger partial charge in [-0.05, 0) is 49.9 Å². The van der Waals surface area contributed by atoms with Crippen LogP contribution in [0.4, 0.5) is 0 Å². The van der Waals surface area contributed by atoms with Crippen LogP contribution in [-0.2, 0) is 4.74 Å². The number of ether oxygens (including phenoxy) is 1. The van der Waals surface area contributed by atoms with Crippen LogP contribution in [0.25, 0.3) is 10.9 Å². The molecule has 0 radical (unpaired) electrons. The lowest BCUT2D eigenvalue weighted by Crippen LogP contribution is -2.39. The number of hydrogen-bond acceptors (Lipinski definition) is 5. The maximum Gasteiger partial charge on any atom is 0.343 e.